The highest BCUT2D eigenvalue weighted by molar-refractivity contribution is 5.89. The van der Waals surface area contributed by atoms with Gasteiger partial charge in [0.1, 0.15) is 5.76 Å². The Morgan fingerprint density at radius 1 is 1.32 bits per heavy atom. The number of nitrogens with zero attached hydrogens (tertiary/aromatic N) is 1. The van der Waals surface area contributed by atoms with E-state index in [4.69, 9.17) is 4.52 Å². The number of carbonyl (C=O) groups excluding carboxylic acids is 1. The zero-order chi connectivity index (χ0) is 13.8. The Morgan fingerprint density at radius 3 is 2.74 bits per heavy atom. The second-order valence-corrected chi connectivity index (χ2v) is 4.12. The number of halogens is 2. The lowest BCUT2D eigenvalue weighted by Gasteiger charge is -2.02. The summed E-state index contributed by atoms with van der Waals surface area (Å²) in [7, 11) is 0. The van der Waals surface area contributed by atoms with Crippen molar-refractivity contribution in [2.24, 2.45) is 0 Å². The summed E-state index contributed by atoms with van der Waals surface area (Å²) in [6, 6.07) is 5.17. The van der Waals surface area contributed by atoms with Crippen LogP contribution in [-0.2, 0) is 11.2 Å². The Hall–Kier alpha value is -2.24. The van der Waals surface area contributed by atoms with Crippen molar-refractivity contribution in [3.63, 3.8) is 0 Å². The maximum Gasteiger partial charge on any atom is 0.225 e. The summed E-state index contributed by atoms with van der Waals surface area (Å²) in [4.78, 5) is 11.6. The summed E-state index contributed by atoms with van der Waals surface area (Å²) in [5.74, 6) is -1.14. The summed E-state index contributed by atoms with van der Waals surface area (Å²) in [6.07, 6.45) is 0.469. The minimum absolute atomic E-state index is 0.150. The Labute approximate surface area is 108 Å². The van der Waals surface area contributed by atoms with Crippen LogP contribution in [0.1, 0.15) is 17.7 Å². The molecule has 0 atom stereocenters. The van der Waals surface area contributed by atoms with Crippen LogP contribution in [0.15, 0.2) is 28.8 Å². The first-order valence-electron chi connectivity index (χ1n) is 5.71. The molecule has 0 aliphatic heterocycles. The highest BCUT2D eigenvalue weighted by Gasteiger charge is 2.08. The topological polar surface area (TPSA) is 55.1 Å². The predicted octanol–water partition coefficient (Wildman–Crippen LogP) is 2.83. The van der Waals surface area contributed by atoms with E-state index < -0.39 is 11.6 Å². The molecular formula is C13H12F2N2O2. The van der Waals surface area contributed by atoms with Crippen molar-refractivity contribution in [2.75, 3.05) is 5.32 Å². The molecular weight excluding hydrogens is 254 g/mol. The lowest BCUT2D eigenvalue weighted by molar-refractivity contribution is -0.116. The Kier molecular flexibility index (Phi) is 3.89. The van der Waals surface area contributed by atoms with Gasteiger partial charge in [-0.1, -0.05) is 11.2 Å². The molecule has 2 aromatic rings. The van der Waals surface area contributed by atoms with E-state index in [9.17, 15) is 13.6 Å². The fourth-order valence-corrected chi connectivity index (χ4v) is 1.58. The zero-order valence-electron chi connectivity index (χ0n) is 10.2. The second-order valence-electron chi connectivity index (χ2n) is 4.12. The van der Waals surface area contributed by atoms with Gasteiger partial charge in [0.2, 0.25) is 5.91 Å². The first kappa shape index (κ1) is 13.2. The Bertz CT molecular complexity index is 596. The molecule has 0 saturated heterocycles. The molecule has 0 fully saturated rings. The molecule has 1 aromatic heterocycles. The van der Waals surface area contributed by atoms with Crippen LogP contribution in [0.4, 0.5) is 14.6 Å². The molecule has 1 heterocycles. The van der Waals surface area contributed by atoms with Gasteiger partial charge in [-0.15, -0.1) is 0 Å². The van der Waals surface area contributed by atoms with Gasteiger partial charge in [-0.3, -0.25) is 4.79 Å². The van der Waals surface area contributed by atoms with E-state index in [2.05, 4.69) is 10.5 Å². The number of hydrogen-bond donors (Lipinski definition) is 1. The lowest BCUT2D eigenvalue weighted by Crippen LogP contribution is -2.12. The normalized spacial score (nSPS) is 10.5. The van der Waals surface area contributed by atoms with Crippen LogP contribution in [0.2, 0.25) is 0 Å². The number of nitrogens with one attached hydrogen (secondary N) is 1. The molecule has 0 unspecified atom stereocenters. The van der Waals surface area contributed by atoms with E-state index in [-0.39, 0.29) is 12.3 Å². The van der Waals surface area contributed by atoms with Crippen LogP contribution >= 0.6 is 0 Å². The Morgan fingerprint density at radius 2 is 2.11 bits per heavy atom. The minimum Gasteiger partial charge on any atom is -0.360 e. The van der Waals surface area contributed by atoms with Crippen molar-refractivity contribution in [1.82, 2.24) is 5.16 Å². The lowest BCUT2D eigenvalue weighted by atomic mass is 10.1. The van der Waals surface area contributed by atoms with Gasteiger partial charge in [-0.25, -0.2) is 8.78 Å². The zero-order valence-corrected chi connectivity index (χ0v) is 10.2. The van der Waals surface area contributed by atoms with E-state index in [0.29, 0.717) is 23.6 Å². The predicted molar refractivity (Wildman–Crippen MR) is 64.5 cm³/mol. The van der Waals surface area contributed by atoms with E-state index in [1.807, 2.05) is 0 Å². The van der Waals surface area contributed by atoms with Crippen LogP contribution in [-0.4, -0.2) is 11.1 Å². The summed E-state index contributed by atoms with van der Waals surface area (Å²) in [6.45, 7) is 1.71. The molecule has 4 nitrogen and oxygen atoms in total. The van der Waals surface area contributed by atoms with Gasteiger partial charge in [0.25, 0.3) is 0 Å². The molecule has 0 radical (unpaired) electrons. The molecule has 2 rings (SSSR count). The molecule has 0 bridgehead atoms. The third kappa shape index (κ3) is 3.61. The van der Waals surface area contributed by atoms with Crippen LogP contribution < -0.4 is 5.32 Å². The number of aromatic nitrogens is 1. The van der Waals surface area contributed by atoms with E-state index in [1.54, 1.807) is 13.0 Å². The number of benzene rings is 1. The van der Waals surface area contributed by atoms with Crippen molar-refractivity contribution in [2.45, 2.75) is 19.8 Å². The van der Waals surface area contributed by atoms with Gasteiger partial charge >= 0.3 is 0 Å². The van der Waals surface area contributed by atoms with Gasteiger partial charge in [-0.05, 0) is 31.0 Å². The summed E-state index contributed by atoms with van der Waals surface area (Å²) in [5.41, 5.74) is 0.561. The van der Waals surface area contributed by atoms with Gasteiger partial charge in [0.05, 0.1) is 0 Å². The smallest absolute Gasteiger partial charge is 0.225 e. The third-order valence-corrected chi connectivity index (χ3v) is 2.52. The molecule has 19 heavy (non-hydrogen) atoms. The van der Waals surface area contributed by atoms with Crippen LogP contribution in [0.3, 0.4) is 0 Å². The highest BCUT2D eigenvalue weighted by atomic mass is 19.2. The van der Waals surface area contributed by atoms with Gasteiger partial charge in [-0.2, -0.15) is 0 Å². The van der Waals surface area contributed by atoms with Crippen molar-refractivity contribution in [3.05, 3.63) is 47.2 Å². The largest absolute Gasteiger partial charge is 0.360 e. The average molecular weight is 266 g/mol. The van der Waals surface area contributed by atoms with Crippen molar-refractivity contribution >= 4 is 11.7 Å². The number of carbonyl (C=O) groups is 1. The quantitative estimate of drug-likeness (QED) is 0.925. The third-order valence-electron chi connectivity index (χ3n) is 2.52. The molecule has 0 saturated carbocycles. The minimum atomic E-state index is -0.912. The molecule has 1 aromatic carbocycles. The SMILES string of the molecule is Cc1cc(NC(=O)CCc2ccc(F)c(F)c2)no1. The van der Waals surface area contributed by atoms with Gasteiger partial charge in [0, 0.05) is 12.5 Å². The first-order chi connectivity index (χ1) is 9.04. The molecule has 0 aliphatic carbocycles. The number of anilines is 1. The van der Waals surface area contributed by atoms with Crippen molar-refractivity contribution in [1.29, 1.82) is 0 Å². The number of aryl methyl sites for hydroxylation is 2. The molecule has 1 amide bonds. The van der Waals surface area contributed by atoms with Gasteiger partial charge < -0.3 is 9.84 Å². The van der Waals surface area contributed by atoms with E-state index in [0.717, 1.165) is 12.1 Å². The Balaban J connectivity index is 1.88. The number of hydrogen-bond acceptors (Lipinski definition) is 3. The van der Waals surface area contributed by atoms with Gasteiger partial charge in [0.15, 0.2) is 17.5 Å². The molecule has 1 N–H and O–H groups in total. The molecule has 100 valence electrons. The average Bonchev–Trinajstić information content (AvgIpc) is 2.76. The summed E-state index contributed by atoms with van der Waals surface area (Å²) >= 11 is 0. The standard InChI is InChI=1S/C13H12F2N2O2/c1-8-6-12(17-19-8)16-13(18)5-3-9-2-4-10(14)11(15)7-9/h2,4,6-7H,3,5H2,1H3,(H,16,17,18). The maximum atomic E-state index is 13.0. The second kappa shape index (κ2) is 5.60. The van der Waals surface area contributed by atoms with Crippen LogP contribution in [0.25, 0.3) is 0 Å². The summed E-state index contributed by atoms with van der Waals surface area (Å²) in [5, 5.41) is 6.17. The first-order valence-corrected chi connectivity index (χ1v) is 5.71. The van der Waals surface area contributed by atoms with Crippen molar-refractivity contribution < 1.29 is 18.1 Å². The monoisotopic (exact) mass is 266 g/mol. The van der Waals surface area contributed by atoms with Crippen LogP contribution in [0, 0.1) is 18.6 Å². The van der Waals surface area contributed by atoms with Crippen LogP contribution in [0.5, 0.6) is 0 Å². The van der Waals surface area contributed by atoms with Crippen molar-refractivity contribution in [3.8, 4) is 0 Å². The van der Waals surface area contributed by atoms with E-state index >= 15 is 0 Å². The molecule has 0 spiro atoms. The van der Waals surface area contributed by atoms with E-state index in [1.165, 1.54) is 6.07 Å². The number of amides is 1. The fourth-order valence-electron chi connectivity index (χ4n) is 1.58. The molecule has 0 aliphatic rings. The maximum absolute atomic E-state index is 13.0. The number of rotatable bonds is 4. The molecule has 6 heteroatoms. The fraction of sp³-hybridized carbons (Fsp3) is 0.231. The highest BCUT2D eigenvalue weighted by Crippen LogP contribution is 2.12. The summed E-state index contributed by atoms with van der Waals surface area (Å²) < 4.78 is 30.5.